The quantitative estimate of drug-likeness (QED) is 0.944. The normalized spacial score (nSPS) is 16.6. The van der Waals surface area contributed by atoms with Gasteiger partial charge in [-0.3, -0.25) is 10.00 Å². The molecule has 2 aromatic rings. The van der Waals surface area contributed by atoms with Gasteiger partial charge in [0, 0.05) is 49.1 Å². The first-order valence-electron chi connectivity index (χ1n) is 6.94. The Morgan fingerprint density at radius 1 is 1.20 bits per heavy atom. The lowest BCUT2D eigenvalue weighted by Gasteiger charge is -2.35. The van der Waals surface area contributed by atoms with E-state index in [1.54, 1.807) is 0 Å². The van der Waals surface area contributed by atoms with Gasteiger partial charge in [-0.25, -0.2) is 0 Å². The van der Waals surface area contributed by atoms with Crippen LogP contribution in [0.25, 0.3) is 0 Å². The Bertz CT molecular complexity index is 573. The number of piperazine rings is 1. The number of nitrogens with one attached hydrogen (secondary N) is 1. The van der Waals surface area contributed by atoms with Gasteiger partial charge in [-0.1, -0.05) is 17.7 Å². The van der Waals surface area contributed by atoms with Gasteiger partial charge in [0.15, 0.2) is 0 Å². The Hall–Kier alpha value is -1.52. The minimum absolute atomic E-state index is 0.803. The molecule has 0 atom stereocenters. The van der Waals surface area contributed by atoms with Crippen LogP contribution in [0.3, 0.4) is 0 Å². The third-order valence-electron chi connectivity index (χ3n) is 3.69. The van der Waals surface area contributed by atoms with Gasteiger partial charge in [-0.05, 0) is 31.2 Å². The van der Waals surface area contributed by atoms with Crippen molar-refractivity contribution >= 4 is 17.3 Å². The van der Waals surface area contributed by atoms with Crippen LogP contribution in [0, 0.1) is 6.92 Å². The molecule has 1 N–H and O–H groups in total. The lowest BCUT2D eigenvalue weighted by Crippen LogP contribution is -2.46. The van der Waals surface area contributed by atoms with Crippen LogP contribution < -0.4 is 4.90 Å². The van der Waals surface area contributed by atoms with E-state index in [9.17, 15) is 0 Å². The molecule has 1 aliphatic rings. The lowest BCUT2D eigenvalue weighted by molar-refractivity contribution is 0.247. The number of nitrogens with zero attached hydrogens (tertiary/aromatic N) is 3. The highest BCUT2D eigenvalue weighted by atomic mass is 35.5. The summed E-state index contributed by atoms with van der Waals surface area (Å²) >= 11 is 6.05. The van der Waals surface area contributed by atoms with E-state index >= 15 is 0 Å². The van der Waals surface area contributed by atoms with Crippen LogP contribution in [0.5, 0.6) is 0 Å². The Morgan fingerprint density at radius 3 is 2.65 bits per heavy atom. The molecule has 1 aromatic carbocycles. The molecule has 0 amide bonds. The van der Waals surface area contributed by atoms with Crippen molar-refractivity contribution in [1.29, 1.82) is 0 Å². The smallest absolute Gasteiger partial charge is 0.0765 e. The van der Waals surface area contributed by atoms with Gasteiger partial charge >= 0.3 is 0 Å². The van der Waals surface area contributed by atoms with Crippen molar-refractivity contribution in [2.45, 2.75) is 13.5 Å². The van der Waals surface area contributed by atoms with E-state index < -0.39 is 0 Å². The molecule has 1 aromatic heterocycles. The summed E-state index contributed by atoms with van der Waals surface area (Å²) in [5.41, 5.74) is 3.46. The molecule has 0 radical (unpaired) electrons. The number of halogens is 1. The molecule has 1 aliphatic heterocycles. The Labute approximate surface area is 124 Å². The molecule has 3 rings (SSSR count). The molecular weight excluding hydrogens is 272 g/mol. The SMILES string of the molecule is Cc1cc(CN2CCN(c3cccc(Cl)c3)CC2)n[nH]1. The van der Waals surface area contributed by atoms with E-state index in [0.29, 0.717) is 0 Å². The van der Waals surface area contributed by atoms with Gasteiger partial charge in [-0.2, -0.15) is 5.10 Å². The van der Waals surface area contributed by atoms with Crippen molar-refractivity contribution in [2.24, 2.45) is 0 Å². The van der Waals surface area contributed by atoms with Crippen molar-refractivity contribution in [3.63, 3.8) is 0 Å². The number of aromatic amines is 1. The molecule has 1 saturated heterocycles. The summed E-state index contributed by atoms with van der Waals surface area (Å²) in [5.74, 6) is 0. The van der Waals surface area contributed by atoms with Gasteiger partial charge in [-0.15, -0.1) is 0 Å². The van der Waals surface area contributed by atoms with E-state index in [4.69, 9.17) is 11.6 Å². The highest BCUT2D eigenvalue weighted by Gasteiger charge is 2.18. The van der Waals surface area contributed by atoms with Crippen LogP contribution in [0.2, 0.25) is 5.02 Å². The topological polar surface area (TPSA) is 35.2 Å². The van der Waals surface area contributed by atoms with Crippen molar-refractivity contribution in [3.8, 4) is 0 Å². The van der Waals surface area contributed by atoms with Crippen LogP contribution in [0.15, 0.2) is 30.3 Å². The zero-order chi connectivity index (χ0) is 13.9. The fraction of sp³-hybridized carbons (Fsp3) is 0.400. The third kappa shape index (κ3) is 3.14. The average molecular weight is 291 g/mol. The summed E-state index contributed by atoms with van der Waals surface area (Å²) in [6.45, 7) is 7.13. The van der Waals surface area contributed by atoms with Crippen molar-refractivity contribution in [2.75, 3.05) is 31.1 Å². The van der Waals surface area contributed by atoms with E-state index in [1.807, 2.05) is 25.1 Å². The number of hydrogen-bond acceptors (Lipinski definition) is 3. The summed E-state index contributed by atoms with van der Waals surface area (Å²) < 4.78 is 0. The maximum absolute atomic E-state index is 6.05. The average Bonchev–Trinajstić information content (AvgIpc) is 2.85. The Morgan fingerprint density at radius 2 is 2.00 bits per heavy atom. The molecule has 0 saturated carbocycles. The second kappa shape index (κ2) is 5.85. The summed E-state index contributed by atoms with van der Waals surface area (Å²) in [7, 11) is 0. The van der Waals surface area contributed by atoms with Crippen LogP contribution >= 0.6 is 11.6 Å². The number of hydrogen-bond donors (Lipinski definition) is 1. The molecule has 0 bridgehead atoms. The van der Waals surface area contributed by atoms with E-state index in [2.05, 4.69) is 32.1 Å². The van der Waals surface area contributed by atoms with E-state index in [-0.39, 0.29) is 0 Å². The van der Waals surface area contributed by atoms with Gasteiger partial charge in [0.2, 0.25) is 0 Å². The van der Waals surface area contributed by atoms with E-state index in [1.165, 1.54) is 5.69 Å². The zero-order valence-electron chi connectivity index (χ0n) is 11.6. The monoisotopic (exact) mass is 290 g/mol. The third-order valence-corrected chi connectivity index (χ3v) is 3.93. The second-order valence-electron chi connectivity index (χ2n) is 5.29. The molecule has 106 valence electrons. The molecule has 0 aliphatic carbocycles. The van der Waals surface area contributed by atoms with Gasteiger partial charge in [0.05, 0.1) is 5.69 Å². The number of benzene rings is 1. The highest BCUT2D eigenvalue weighted by Crippen LogP contribution is 2.21. The molecule has 4 nitrogen and oxygen atoms in total. The molecular formula is C15H19ClN4. The Kier molecular flexibility index (Phi) is 3.94. The van der Waals surface area contributed by atoms with Gasteiger partial charge in [0.25, 0.3) is 0 Å². The summed E-state index contributed by atoms with van der Waals surface area (Å²) in [6, 6.07) is 10.2. The largest absolute Gasteiger partial charge is 0.369 e. The predicted octanol–water partition coefficient (Wildman–Crippen LogP) is 2.69. The number of aromatic nitrogens is 2. The fourth-order valence-corrected chi connectivity index (χ4v) is 2.81. The standard InChI is InChI=1S/C15H19ClN4/c1-12-9-14(18-17-12)11-19-5-7-20(8-6-19)15-4-2-3-13(16)10-15/h2-4,9-10H,5-8,11H2,1H3,(H,17,18). The second-order valence-corrected chi connectivity index (χ2v) is 5.72. The maximum atomic E-state index is 6.05. The first kappa shape index (κ1) is 13.5. The van der Waals surface area contributed by atoms with Crippen LogP contribution in [-0.2, 0) is 6.54 Å². The maximum Gasteiger partial charge on any atom is 0.0765 e. The first-order chi connectivity index (χ1) is 9.70. The van der Waals surface area contributed by atoms with Crippen molar-refractivity contribution < 1.29 is 0 Å². The zero-order valence-corrected chi connectivity index (χ0v) is 12.4. The molecule has 1 fully saturated rings. The number of anilines is 1. The molecule has 0 spiro atoms. The summed E-state index contributed by atoms with van der Waals surface area (Å²) in [5, 5.41) is 8.10. The van der Waals surface area contributed by atoms with Crippen molar-refractivity contribution in [1.82, 2.24) is 15.1 Å². The first-order valence-corrected chi connectivity index (χ1v) is 7.32. The lowest BCUT2D eigenvalue weighted by atomic mass is 10.2. The number of H-pyrrole nitrogens is 1. The fourth-order valence-electron chi connectivity index (χ4n) is 2.62. The molecule has 20 heavy (non-hydrogen) atoms. The number of aryl methyl sites for hydroxylation is 1. The Balaban J connectivity index is 1.57. The minimum Gasteiger partial charge on any atom is -0.369 e. The van der Waals surface area contributed by atoms with Crippen LogP contribution in [0.1, 0.15) is 11.4 Å². The summed E-state index contributed by atoms with van der Waals surface area (Å²) in [4.78, 5) is 4.83. The molecule has 0 unspecified atom stereocenters. The van der Waals surface area contributed by atoms with Crippen LogP contribution in [-0.4, -0.2) is 41.3 Å². The predicted molar refractivity (Wildman–Crippen MR) is 82.3 cm³/mol. The van der Waals surface area contributed by atoms with Gasteiger partial charge in [0.1, 0.15) is 0 Å². The van der Waals surface area contributed by atoms with Crippen LogP contribution in [0.4, 0.5) is 5.69 Å². The minimum atomic E-state index is 0.803. The van der Waals surface area contributed by atoms with Gasteiger partial charge < -0.3 is 4.90 Å². The molecule has 2 heterocycles. The van der Waals surface area contributed by atoms with Crippen molar-refractivity contribution in [3.05, 3.63) is 46.7 Å². The summed E-state index contributed by atoms with van der Waals surface area (Å²) in [6.07, 6.45) is 0. The number of rotatable bonds is 3. The highest BCUT2D eigenvalue weighted by molar-refractivity contribution is 6.30. The van der Waals surface area contributed by atoms with E-state index in [0.717, 1.165) is 49.1 Å². The molecule has 5 heteroatoms.